The number of hydrogen-bond donors (Lipinski definition) is 1. The van der Waals surface area contributed by atoms with Crippen LogP contribution in [0.4, 0.5) is 5.69 Å². The maximum atomic E-state index is 5.71. The quantitative estimate of drug-likeness (QED) is 0.837. The molecule has 0 spiro atoms. The molecule has 0 fully saturated rings. The Bertz CT molecular complexity index is 318. The molecule has 0 saturated heterocycles. The maximum Gasteiger partial charge on any atom is 0.237 e. The molecule has 1 heterocycles. The van der Waals surface area contributed by atoms with Gasteiger partial charge in [-0.15, -0.1) is 0 Å². The van der Waals surface area contributed by atoms with Gasteiger partial charge in [0.05, 0.1) is 18.4 Å². The number of anilines is 1. The van der Waals surface area contributed by atoms with Gasteiger partial charge in [-0.2, -0.15) is 0 Å². The van der Waals surface area contributed by atoms with Crippen molar-refractivity contribution < 1.29 is 9.47 Å². The van der Waals surface area contributed by atoms with Gasteiger partial charge in [-0.3, -0.25) is 0 Å². The Kier molecular flexibility index (Phi) is 4.84. The Balaban J connectivity index is 2.37. The molecule has 5 heteroatoms. The molecule has 2 N–H and O–H groups in total. The molecule has 4 nitrogen and oxygen atoms in total. The first kappa shape index (κ1) is 12.3. The first-order valence-corrected chi connectivity index (χ1v) is 5.54. The maximum absolute atomic E-state index is 5.71. The molecular formula is C10H15BrN2O2. The van der Waals surface area contributed by atoms with E-state index in [1.54, 1.807) is 12.3 Å². The van der Waals surface area contributed by atoms with Gasteiger partial charge in [0.2, 0.25) is 5.88 Å². The first-order valence-electron chi connectivity index (χ1n) is 4.75. The van der Waals surface area contributed by atoms with Crippen LogP contribution < -0.4 is 10.5 Å². The Morgan fingerprint density at radius 2 is 2.20 bits per heavy atom. The number of nitrogen functional groups attached to an aromatic ring is 1. The van der Waals surface area contributed by atoms with Gasteiger partial charge in [-0.05, 0) is 35.8 Å². The second kappa shape index (κ2) is 5.92. The number of nitrogens with two attached hydrogens (primary N) is 1. The molecule has 0 aliphatic rings. The summed E-state index contributed by atoms with van der Waals surface area (Å²) in [6.07, 6.45) is 1.86. The molecule has 1 rings (SSSR count). The van der Waals surface area contributed by atoms with Crippen molar-refractivity contribution in [3.05, 3.63) is 16.7 Å². The Morgan fingerprint density at radius 1 is 1.47 bits per heavy atom. The monoisotopic (exact) mass is 274 g/mol. The molecule has 0 aliphatic carbocycles. The number of halogens is 1. The molecule has 84 valence electrons. The minimum Gasteiger partial charge on any atom is -0.474 e. The fourth-order valence-corrected chi connectivity index (χ4v) is 1.33. The molecule has 0 atom stereocenters. The molecule has 0 saturated carbocycles. The molecule has 15 heavy (non-hydrogen) atoms. The lowest BCUT2D eigenvalue weighted by molar-refractivity contribution is 0.0544. The van der Waals surface area contributed by atoms with Crippen molar-refractivity contribution in [2.45, 2.75) is 20.0 Å². The van der Waals surface area contributed by atoms with Crippen molar-refractivity contribution in [1.29, 1.82) is 0 Å². The van der Waals surface area contributed by atoms with E-state index in [0.29, 0.717) is 24.8 Å². The zero-order valence-corrected chi connectivity index (χ0v) is 10.5. The van der Waals surface area contributed by atoms with Crippen molar-refractivity contribution in [2.75, 3.05) is 18.9 Å². The summed E-state index contributed by atoms with van der Waals surface area (Å²) >= 11 is 3.27. The van der Waals surface area contributed by atoms with E-state index in [1.807, 2.05) is 13.8 Å². The number of ether oxygens (including phenoxy) is 2. The van der Waals surface area contributed by atoms with E-state index in [9.17, 15) is 0 Å². The highest BCUT2D eigenvalue weighted by Crippen LogP contribution is 2.21. The summed E-state index contributed by atoms with van der Waals surface area (Å²) in [6.45, 7) is 4.95. The molecule has 0 unspecified atom stereocenters. The summed E-state index contributed by atoms with van der Waals surface area (Å²) in [5, 5.41) is 0. The van der Waals surface area contributed by atoms with Crippen molar-refractivity contribution in [2.24, 2.45) is 0 Å². The Hall–Kier alpha value is -0.810. The molecule has 1 aromatic heterocycles. The number of rotatable bonds is 5. The summed E-state index contributed by atoms with van der Waals surface area (Å²) in [5.41, 5.74) is 6.23. The third-order valence-corrected chi connectivity index (χ3v) is 2.05. The van der Waals surface area contributed by atoms with Crippen LogP contribution in [0.1, 0.15) is 13.8 Å². The first-order chi connectivity index (χ1) is 7.09. The topological polar surface area (TPSA) is 57.4 Å². The van der Waals surface area contributed by atoms with Gasteiger partial charge < -0.3 is 15.2 Å². The third kappa shape index (κ3) is 4.48. The lowest BCUT2D eigenvalue weighted by Gasteiger charge is -2.09. The highest BCUT2D eigenvalue weighted by atomic mass is 79.9. The number of pyridine rings is 1. The van der Waals surface area contributed by atoms with Crippen LogP contribution >= 0.6 is 15.9 Å². The fourth-order valence-electron chi connectivity index (χ4n) is 0.985. The zero-order valence-electron chi connectivity index (χ0n) is 8.87. The van der Waals surface area contributed by atoms with Crippen LogP contribution in [0.15, 0.2) is 16.7 Å². The van der Waals surface area contributed by atoms with Gasteiger partial charge >= 0.3 is 0 Å². The minimum atomic E-state index is 0.212. The molecule has 0 aromatic carbocycles. The smallest absolute Gasteiger partial charge is 0.237 e. The summed E-state index contributed by atoms with van der Waals surface area (Å²) < 4.78 is 11.5. The lowest BCUT2D eigenvalue weighted by atomic mass is 10.4. The van der Waals surface area contributed by atoms with Crippen LogP contribution in [0.3, 0.4) is 0 Å². The molecule has 0 amide bonds. The van der Waals surface area contributed by atoms with E-state index < -0.39 is 0 Å². The van der Waals surface area contributed by atoms with Crippen LogP contribution in [0.5, 0.6) is 5.88 Å². The van der Waals surface area contributed by atoms with Crippen molar-refractivity contribution in [3.8, 4) is 5.88 Å². The van der Waals surface area contributed by atoms with Crippen LogP contribution in [-0.2, 0) is 4.74 Å². The predicted octanol–water partition coefficient (Wildman–Crippen LogP) is 2.23. The number of nitrogens with zero attached hydrogens (tertiary/aromatic N) is 1. The molecule has 0 radical (unpaired) electrons. The van der Waals surface area contributed by atoms with Crippen LogP contribution in [0, 0.1) is 0 Å². The van der Waals surface area contributed by atoms with Gasteiger partial charge in [0.15, 0.2) is 0 Å². The molecule has 0 bridgehead atoms. The Labute approximate surface area is 97.9 Å². The largest absolute Gasteiger partial charge is 0.474 e. The predicted molar refractivity (Wildman–Crippen MR) is 62.9 cm³/mol. The van der Waals surface area contributed by atoms with Crippen molar-refractivity contribution in [1.82, 2.24) is 4.98 Å². The van der Waals surface area contributed by atoms with Crippen molar-refractivity contribution >= 4 is 21.6 Å². The van der Waals surface area contributed by atoms with Gasteiger partial charge in [-0.1, -0.05) is 0 Å². The van der Waals surface area contributed by atoms with Crippen LogP contribution in [0.2, 0.25) is 0 Å². The van der Waals surface area contributed by atoms with E-state index in [0.717, 1.165) is 4.47 Å². The average molecular weight is 275 g/mol. The zero-order chi connectivity index (χ0) is 11.3. The normalized spacial score (nSPS) is 10.7. The fraction of sp³-hybridized carbons (Fsp3) is 0.500. The lowest BCUT2D eigenvalue weighted by Crippen LogP contribution is -2.12. The van der Waals surface area contributed by atoms with Crippen LogP contribution in [-0.4, -0.2) is 24.3 Å². The van der Waals surface area contributed by atoms with Gasteiger partial charge in [-0.25, -0.2) is 4.98 Å². The van der Waals surface area contributed by atoms with E-state index in [4.69, 9.17) is 15.2 Å². The summed E-state index contributed by atoms with van der Waals surface area (Å²) in [6, 6.07) is 1.76. The second-order valence-electron chi connectivity index (χ2n) is 3.32. The summed E-state index contributed by atoms with van der Waals surface area (Å²) in [7, 11) is 0. The van der Waals surface area contributed by atoms with Gasteiger partial charge in [0.25, 0.3) is 0 Å². The van der Waals surface area contributed by atoms with E-state index >= 15 is 0 Å². The van der Waals surface area contributed by atoms with E-state index in [1.165, 1.54) is 0 Å². The molecular weight excluding hydrogens is 260 g/mol. The minimum absolute atomic E-state index is 0.212. The number of aromatic nitrogens is 1. The standard InChI is InChI=1S/C10H15BrN2O2/c1-7(2)14-3-4-15-10-9(12)5-8(11)6-13-10/h5-7H,3-4,12H2,1-2H3. The highest BCUT2D eigenvalue weighted by Gasteiger charge is 2.02. The summed E-state index contributed by atoms with van der Waals surface area (Å²) in [4.78, 5) is 4.04. The highest BCUT2D eigenvalue weighted by molar-refractivity contribution is 9.10. The van der Waals surface area contributed by atoms with Crippen molar-refractivity contribution in [3.63, 3.8) is 0 Å². The third-order valence-electron chi connectivity index (χ3n) is 1.62. The van der Waals surface area contributed by atoms with Gasteiger partial charge in [0.1, 0.15) is 6.61 Å². The SMILES string of the molecule is CC(C)OCCOc1ncc(Br)cc1N. The molecule has 1 aromatic rings. The van der Waals surface area contributed by atoms with E-state index in [2.05, 4.69) is 20.9 Å². The van der Waals surface area contributed by atoms with Gasteiger partial charge in [0, 0.05) is 10.7 Å². The Morgan fingerprint density at radius 3 is 2.80 bits per heavy atom. The van der Waals surface area contributed by atoms with E-state index in [-0.39, 0.29) is 6.10 Å². The number of hydrogen-bond acceptors (Lipinski definition) is 4. The average Bonchev–Trinajstić information content (AvgIpc) is 2.14. The summed E-state index contributed by atoms with van der Waals surface area (Å²) in [5.74, 6) is 0.450. The van der Waals surface area contributed by atoms with Crippen LogP contribution in [0.25, 0.3) is 0 Å². The molecule has 0 aliphatic heterocycles. The second-order valence-corrected chi connectivity index (χ2v) is 4.23.